The topological polar surface area (TPSA) is 101 Å². The van der Waals surface area contributed by atoms with Gasteiger partial charge in [0, 0.05) is 17.4 Å². The number of fused-ring (bicyclic) bond motifs is 1. The van der Waals surface area contributed by atoms with E-state index >= 15 is 0 Å². The molecule has 0 atom stereocenters. The summed E-state index contributed by atoms with van der Waals surface area (Å²) < 4.78 is 0. The van der Waals surface area contributed by atoms with Crippen LogP contribution in [-0.2, 0) is 11.2 Å². The molecule has 4 aromatic rings. The van der Waals surface area contributed by atoms with Gasteiger partial charge in [-0.2, -0.15) is 0 Å². The maximum absolute atomic E-state index is 12.6. The Hall–Kier alpha value is -4.00. The molecule has 1 amide bonds. The van der Waals surface area contributed by atoms with Gasteiger partial charge in [0.15, 0.2) is 11.6 Å². The predicted molar refractivity (Wildman–Crippen MR) is 127 cm³/mol. The van der Waals surface area contributed by atoms with Crippen molar-refractivity contribution in [3.63, 3.8) is 0 Å². The average Bonchev–Trinajstić information content (AvgIpc) is 3.24. The molecule has 5 rings (SSSR count). The molecule has 1 aliphatic heterocycles. The number of imidazole rings is 1. The zero-order chi connectivity index (χ0) is 21.2. The number of benzene rings is 2. The van der Waals surface area contributed by atoms with Crippen LogP contribution in [0.5, 0.6) is 0 Å². The summed E-state index contributed by atoms with van der Waals surface area (Å²) in [4.78, 5) is 31.4. The molecule has 0 bridgehead atoms. The molecule has 3 N–H and O–H groups in total. The largest absolute Gasteiger partial charge is 0.382 e. The Morgan fingerprint density at radius 1 is 1.10 bits per heavy atom. The third kappa shape index (κ3) is 3.90. The summed E-state index contributed by atoms with van der Waals surface area (Å²) in [5.41, 5.74) is 11.3. The molecule has 0 unspecified atom stereocenters. The van der Waals surface area contributed by atoms with Crippen LogP contribution in [0.4, 0.5) is 5.82 Å². The molecular formula is C24H28N6O. The fraction of sp³-hybridized carbons (Fsp3) is 0.167. The fourth-order valence-electron chi connectivity index (χ4n) is 3.80. The average molecular weight is 417 g/mol. The van der Waals surface area contributed by atoms with E-state index in [1.165, 1.54) is 0 Å². The number of H-pyrrole nitrogens is 1. The number of carbonyl (C=O) groups is 1. The second kappa shape index (κ2) is 8.02. The van der Waals surface area contributed by atoms with Crippen molar-refractivity contribution in [3.8, 4) is 11.5 Å². The summed E-state index contributed by atoms with van der Waals surface area (Å²) in [7, 11) is 0. The quantitative estimate of drug-likeness (QED) is 0.519. The van der Waals surface area contributed by atoms with Gasteiger partial charge in [-0.1, -0.05) is 48.5 Å². The highest BCUT2D eigenvalue weighted by Gasteiger charge is 2.20. The van der Waals surface area contributed by atoms with Crippen LogP contribution in [0.1, 0.15) is 22.0 Å². The molecule has 0 saturated heterocycles. The van der Waals surface area contributed by atoms with Gasteiger partial charge < -0.3 is 15.6 Å². The van der Waals surface area contributed by atoms with Crippen LogP contribution >= 0.6 is 0 Å². The Labute approximate surface area is 184 Å². The van der Waals surface area contributed by atoms with Crippen molar-refractivity contribution >= 4 is 28.3 Å². The predicted octanol–water partition coefficient (Wildman–Crippen LogP) is 4.20. The number of nitrogen functional groups attached to an aromatic ring is 1. The first-order valence-electron chi connectivity index (χ1n) is 10.3. The molecule has 160 valence electrons. The van der Waals surface area contributed by atoms with Gasteiger partial charge in [0.2, 0.25) is 5.91 Å². The molecule has 0 saturated carbocycles. The third-order valence-electron chi connectivity index (χ3n) is 5.50. The Morgan fingerprint density at radius 3 is 2.68 bits per heavy atom. The van der Waals surface area contributed by atoms with Crippen molar-refractivity contribution in [2.75, 3.05) is 18.8 Å². The van der Waals surface area contributed by atoms with Crippen molar-refractivity contribution < 1.29 is 9.07 Å². The van der Waals surface area contributed by atoms with Crippen molar-refractivity contribution in [2.45, 2.75) is 12.8 Å². The van der Waals surface area contributed by atoms with Crippen molar-refractivity contribution in [3.05, 3.63) is 78.1 Å². The summed E-state index contributed by atoms with van der Waals surface area (Å²) in [5.74, 6) is 1.07. The van der Waals surface area contributed by atoms with Gasteiger partial charge in [-0.05, 0) is 29.7 Å². The number of anilines is 1. The number of aromatic amines is 1. The Kier molecular flexibility index (Phi) is 4.92. The molecule has 0 spiro atoms. The molecule has 1 aliphatic rings. The Bertz CT molecular complexity index is 1260. The molecule has 0 radical (unpaired) electrons. The number of rotatable bonds is 4. The van der Waals surface area contributed by atoms with E-state index in [-0.39, 0.29) is 10.2 Å². The highest BCUT2D eigenvalue weighted by Crippen LogP contribution is 2.27. The zero-order valence-electron chi connectivity index (χ0n) is 17.0. The number of carbonyl (C=O) groups excluding carboxylic acids is 1. The number of nitrogens with zero attached hydrogens (tertiary/aromatic N) is 4. The first kappa shape index (κ1) is 19.0. The van der Waals surface area contributed by atoms with Crippen LogP contribution in [0.25, 0.3) is 28.1 Å². The minimum absolute atomic E-state index is 0. The highest BCUT2D eigenvalue weighted by molar-refractivity contribution is 5.82. The standard InChI is InChI=1S/C24H22N6O.3H2/c25-23-22(24-28-18-8-4-5-9-19(18)29-24)27-20(15-26-23)17-10-12-30(13-11-17)21(31)14-16-6-2-1-3-7-16;;;/h1-10,15H,11-14H2,(H2,25,26)(H,28,29);3*1H. The van der Waals surface area contributed by atoms with Crippen molar-refractivity contribution in [1.82, 2.24) is 24.8 Å². The Morgan fingerprint density at radius 2 is 1.90 bits per heavy atom. The van der Waals surface area contributed by atoms with Crippen LogP contribution in [0.2, 0.25) is 0 Å². The van der Waals surface area contributed by atoms with Crippen LogP contribution in [0.3, 0.4) is 0 Å². The van der Waals surface area contributed by atoms with Gasteiger partial charge in [-0.3, -0.25) is 4.79 Å². The highest BCUT2D eigenvalue weighted by atomic mass is 16.2. The van der Waals surface area contributed by atoms with E-state index in [1.807, 2.05) is 59.5 Å². The van der Waals surface area contributed by atoms with E-state index in [0.717, 1.165) is 34.3 Å². The number of para-hydroxylation sites is 2. The molecule has 2 aromatic heterocycles. The molecular weight excluding hydrogens is 388 g/mol. The van der Waals surface area contributed by atoms with Gasteiger partial charge in [-0.15, -0.1) is 0 Å². The Balaban J connectivity index is 0.00000136. The number of nitrogens with two attached hydrogens (primary N) is 1. The lowest BCUT2D eigenvalue weighted by atomic mass is 10.0. The van der Waals surface area contributed by atoms with Crippen LogP contribution in [0, 0.1) is 0 Å². The van der Waals surface area contributed by atoms with E-state index in [4.69, 9.17) is 10.7 Å². The van der Waals surface area contributed by atoms with Gasteiger partial charge in [0.1, 0.15) is 5.69 Å². The molecule has 0 aliphatic carbocycles. The van der Waals surface area contributed by atoms with E-state index in [9.17, 15) is 4.79 Å². The lowest BCUT2D eigenvalue weighted by molar-refractivity contribution is -0.130. The van der Waals surface area contributed by atoms with E-state index in [1.54, 1.807) is 6.20 Å². The summed E-state index contributed by atoms with van der Waals surface area (Å²) in [6.45, 7) is 1.22. The van der Waals surface area contributed by atoms with Gasteiger partial charge in [-0.25, -0.2) is 15.0 Å². The summed E-state index contributed by atoms with van der Waals surface area (Å²) in [6, 6.07) is 17.6. The fourth-order valence-corrected chi connectivity index (χ4v) is 3.80. The molecule has 7 heteroatoms. The number of aromatic nitrogens is 4. The first-order chi connectivity index (χ1) is 15.2. The van der Waals surface area contributed by atoms with Crippen LogP contribution in [0.15, 0.2) is 66.9 Å². The lowest BCUT2D eigenvalue weighted by Gasteiger charge is -2.26. The first-order valence-corrected chi connectivity index (χ1v) is 10.3. The van der Waals surface area contributed by atoms with Crippen LogP contribution < -0.4 is 5.73 Å². The second-order valence-electron chi connectivity index (χ2n) is 7.57. The summed E-state index contributed by atoms with van der Waals surface area (Å²) in [6.07, 6.45) is 4.88. The van der Waals surface area contributed by atoms with E-state index in [2.05, 4.69) is 21.0 Å². The molecule has 3 heterocycles. The second-order valence-corrected chi connectivity index (χ2v) is 7.57. The zero-order valence-corrected chi connectivity index (χ0v) is 17.0. The van der Waals surface area contributed by atoms with Gasteiger partial charge >= 0.3 is 0 Å². The number of amides is 1. The number of hydrogen-bond acceptors (Lipinski definition) is 5. The molecule has 31 heavy (non-hydrogen) atoms. The normalized spacial score (nSPS) is 13.9. The van der Waals surface area contributed by atoms with Gasteiger partial charge in [0.25, 0.3) is 0 Å². The maximum atomic E-state index is 12.6. The lowest BCUT2D eigenvalue weighted by Crippen LogP contribution is -2.35. The van der Waals surface area contributed by atoms with E-state index < -0.39 is 0 Å². The van der Waals surface area contributed by atoms with Crippen molar-refractivity contribution in [1.29, 1.82) is 0 Å². The van der Waals surface area contributed by atoms with E-state index in [0.29, 0.717) is 36.8 Å². The minimum atomic E-state index is 0. The van der Waals surface area contributed by atoms with Gasteiger partial charge in [0.05, 0.1) is 29.3 Å². The third-order valence-corrected chi connectivity index (χ3v) is 5.50. The molecule has 0 fully saturated rings. The molecule has 2 aromatic carbocycles. The smallest absolute Gasteiger partial charge is 0.227 e. The number of nitrogens with one attached hydrogen (secondary N) is 1. The molecule has 7 nitrogen and oxygen atoms in total. The maximum Gasteiger partial charge on any atom is 0.227 e. The summed E-state index contributed by atoms with van der Waals surface area (Å²) in [5, 5.41) is 0. The summed E-state index contributed by atoms with van der Waals surface area (Å²) >= 11 is 0. The minimum Gasteiger partial charge on any atom is -0.382 e. The monoisotopic (exact) mass is 416 g/mol. The van der Waals surface area contributed by atoms with Crippen molar-refractivity contribution in [2.24, 2.45) is 0 Å². The van der Waals surface area contributed by atoms with Crippen LogP contribution in [-0.4, -0.2) is 43.8 Å². The SMILES string of the molecule is Nc1ncc(C2=CCN(C(=O)Cc3ccccc3)CC2)nc1-c1nc2ccccc2[nH]1.[HH].[HH].[HH]. The number of hydrogen-bond donors (Lipinski definition) is 2.